The number of aromatic hydroxyl groups is 1. The van der Waals surface area contributed by atoms with Gasteiger partial charge in [0.25, 0.3) is 5.91 Å². The van der Waals surface area contributed by atoms with Gasteiger partial charge in [0.15, 0.2) is 0 Å². The number of ether oxygens (including phenoxy) is 1. The Morgan fingerprint density at radius 3 is 2.40 bits per heavy atom. The molecule has 128 valence electrons. The van der Waals surface area contributed by atoms with Crippen molar-refractivity contribution in [1.29, 1.82) is 0 Å². The molecule has 0 heterocycles. The first-order valence-corrected chi connectivity index (χ1v) is 7.90. The molecule has 3 aromatic rings. The Labute approximate surface area is 145 Å². The van der Waals surface area contributed by atoms with Crippen molar-refractivity contribution in [3.05, 3.63) is 72.0 Å². The van der Waals surface area contributed by atoms with Crippen LogP contribution in [0.3, 0.4) is 0 Å². The Balaban J connectivity index is 1.65. The van der Waals surface area contributed by atoms with E-state index in [1.165, 1.54) is 29.2 Å². The fraction of sp³-hybridized carbons (Fsp3) is 0.150. The normalized spacial score (nSPS) is 10.6. The Morgan fingerprint density at radius 1 is 1.08 bits per heavy atom. The van der Waals surface area contributed by atoms with Gasteiger partial charge in [-0.2, -0.15) is 0 Å². The van der Waals surface area contributed by atoms with Crippen LogP contribution in [0.5, 0.6) is 11.5 Å². The SMILES string of the molecule is CN(CCOc1ccc(F)cc1)C(=O)c1cc2ccccc2cc1O. The minimum Gasteiger partial charge on any atom is -0.507 e. The molecule has 0 fully saturated rings. The van der Waals surface area contributed by atoms with Crippen molar-refractivity contribution < 1.29 is 19.0 Å². The van der Waals surface area contributed by atoms with Crippen molar-refractivity contribution in [3.8, 4) is 11.5 Å². The average Bonchev–Trinajstić information content (AvgIpc) is 2.62. The molecule has 0 radical (unpaired) electrons. The molecule has 0 atom stereocenters. The Bertz CT molecular complexity index is 893. The highest BCUT2D eigenvalue weighted by atomic mass is 19.1. The Morgan fingerprint density at radius 2 is 1.72 bits per heavy atom. The quantitative estimate of drug-likeness (QED) is 0.768. The van der Waals surface area contributed by atoms with E-state index < -0.39 is 0 Å². The van der Waals surface area contributed by atoms with Crippen LogP contribution in [-0.4, -0.2) is 36.1 Å². The van der Waals surface area contributed by atoms with Crippen molar-refractivity contribution >= 4 is 16.7 Å². The van der Waals surface area contributed by atoms with Crippen molar-refractivity contribution in [2.45, 2.75) is 0 Å². The molecule has 3 rings (SSSR count). The molecule has 0 unspecified atom stereocenters. The molecule has 0 aliphatic heterocycles. The highest BCUT2D eigenvalue weighted by Crippen LogP contribution is 2.25. The number of hydrogen-bond donors (Lipinski definition) is 1. The highest BCUT2D eigenvalue weighted by Gasteiger charge is 2.16. The third-order valence-corrected chi connectivity index (χ3v) is 3.95. The van der Waals surface area contributed by atoms with Crippen LogP contribution < -0.4 is 4.74 Å². The molecule has 0 saturated heterocycles. The number of hydrogen-bond acceptors (Lipinski definition) is 3. The number of carbonyl (C=O) groups is 1. The molecule has 0 aliphatic rings. The van der Waals surface area contributed by atoms with Crippen molar-refractivity contribution in [1.82, 2.24) is 4.90 Å². The number of phenols is 1. The van der Waals surface area contributed by atoms with E-state index in [-0.39, 0.29) is 29.6 Å². The molecule has 0 saturated carbocycles. The summed E-state index contributed by atoms with van der Waals surface area (Å²) in [4.78, 5) is 14.0. The summed E-state index contributed by atoms with van der Waals surface area (Å²) < 4.78 is 18.3. The fourth-order valence-corrected chi connectivity index (χ4v) is 2.54. The van der Waals surface area contributed by atoms with Crippen molar-refractivity contribution in [2.75, 3.05) is 20.2 Å². The third-order valence-electron chi connectivity index (χ3n) is 3.95. The molecule has 0 aliphatic carbocycles. The van der Waals surface area contributed by atoms with E-state index in [9.17, 15) is 14.3 Å². The minimum atomic E-state index is -0.327. The number of phenolic OH excluding ortho intramolecular Hbond substituents is 1. The summed E-state index contributed by atoms with van der Waals surface area (Å²) in [5.74, 6) is -0.122. The van der Waals surface area contributed by atoms with Gasteiger partial charge in [-0.1, -0.05) is 24.3 Å². The Hall–Kier alpha value is -3.08. The van der Waals surface area contributed by atoms with Crippen LogP contribution in [0.1, 0.15) is 10.4 Å². The van der Waals surface area contributed by atoms with E-state index >= 15 is 0 Å². The first kappa shape index (κ1) is 16.8. The Kier molecular flexibility index (Phi) is 4.84. The molecule has 4 nitrogen and oxygen atoms in total. The van der Waals surface area contributed by atoms with Crippen LogP contribution in [0.2, 0.25) is 0 Å². The zero-order valence-electron chi connectivity index (χ0n) is 13.8. The van der Waals surface area contributed by atoms with Gasteiger partial charge in [0, 0.05) is 7.05 Å². The predicted octanol–water partition coefficient (Wildman–Crippen LogP) is 3.84. The minimum absolute atomic E-state index is 0.0463. The molecule has 0 bridgehead atoms. The van der Waals surface area contributed by atoms with Crippen molar-refractivity contribution in [2.24, 2.45) is 0 Å². The number of rotatable bonds is 5. The lowest BCUT2D eigenvalue weighted by Crippen LogP contribution is -2.30. The van der Waals surface area contributed by atoms with Crippen LogP contribution >= 0.6 is 0 Å². The molecule has 5 heteroatoms. The number of likely N-dealkylation sites (N-methyl/N-ethyl adjacent to an activating group) is 1. The molecule has 1 amide bonds. The zero-order valence-corrected chi connectivity index (χ0v) is 13.8. The average molecular weight is 339 g/mol. The first-order valence-electron chi connectivity index (χ1n) is 7.90. The summed E-state index contributed by atoms with van der Waals surface area (Å²) in [5, 5.41) is 11.9. The molecule has 3 aromatic carbocycles. The second-order valence-electron chi connectivity index (χ2n) is 5.75. The van der Waals surface area contributed by atoms with E-state index in [0.29, 0.717) is 12.3 Å². The predicted molar refractivity (Wildman–Crippen MR) is 94.5 cm³/mol. The summed E-state index contributed by atoms with van der Waals surface area (Å²) in [6.07, 6.45) is 0. The number of amides is 1. The number of carbonyl (C=O) groups excluding carboxylic acids is 1. The van der Waals surface area contributed by atoms with Crippen LogP contribution in [0.4, 0.5) is 4.39 Å². The van der Waals surface area contributed by atoms with Gasteiger partial charge in [0.05, 0.1) is 12.1 Å². The standard InChI is InChI=1S/C20H18FNO3/c1-22(10-11-25-17-8-6-16(21)7-9-17)20(24)18-12-14-4-2-3-5-15(14)13-19(18)23/h2-9,12-13,23H,10-11H2,1H3. The topological polar surface area (TPSA) is 49.8 Å². The number of benzene rings is 3. The van der Waals surface area contributed by atoms with Gasteiger partial charge < -0.3 is 14.7 Å². The van der Waals surface area contributed by atoms with Crippen LogP contribution in [0, 0.1) is 5.82 Å². The molecule has 1 N–H and O–H groups in total. The summed E-state index contributed by atoms with van der Waals surface area (Å²) in [6.45, 7) is 0.602. The monoisotopic (exact) mass is 339 g/mol. The second kappa shape index (κ2) is 7.21. The van der Waals surface area contributed by atoms with E-state index in [2.05, 4.69) is 0 Å². The van der Waals surface area contributed by atoms with E-state index in [1.807, 2.05) is 24.3 Å². The molecular weight excluding hydrogens is 321 g/mol. The fourth-order valence-electron chi connectivity index (χ4n) is 2.54. The molecule has 25 heavy (non-hydrogen) atoms. The molecule has 0 aromatic heterocycles. The maximum Gasteiger partial charge on any atom is 0.257 e. The zero-order chi connectivity index (χ0) is 17.8. The van der Waals surface area contributed by atoms with Crippen LogP contribution in [0.25, 0.3) is 10.8 Å². The third kappa shape index (κ3) is 3.88. The molecular formula is C20H18FNO3. The van der Waals surface area contributed by atoms with Gasteiger partial charge >= 0.3 is 0 Å². The van der Waals surface area contributed by atoms with E-state index in [1.54, 1.807) is 19.2 Å². The second-order valence-corrected chi connectivity index (χ2v) is 5.75. The number of halogens is 1. The summed E-state index contributed by atoms with van der Waals surface area (Å²) in [6, 6.07) is 16.5. The number of nitrogens with zero attached hydrogens (tertiary/aromatic N) is 1. The van der Waals surface area contributed by atoms with Gasteiger partial charge in [0.1, 0.15) is 23.9 Å². The van der Waals surface area contributed by atoms with Crippen LogP contribution in [0.15, 0.2) is 60.7 Å². The molecule has 0 spiro atoms. The number of fused-ring (bicyclic) bond motifs is 1. The lowest BCUT2D eigenvalue weighted by Gasteiger charge is -2.18. The van der Waals surface area contributed by atoms with Crippen molar-refractivity contribution in [3.63, 3.8) is 0 Å². The largest absolute Gasteiger partial charge is 0.507 e. The lowest BCUT2D eigenvalue weighted by atomic mass is 10.1. The van der Waals surface area contributed by atoms with Gasteiger partial charge in [-0.3, -0.25) is 4.79 Å². The van der Waals surface area contributed by atoms with Crippen LogP contribution in [-0.2, 0) is 0 Å². The lowest BCUT2D eigenvalue weighted by molar-refractivity contribution is 0.0771. The maximum atomic E-state index is 12.8. The maximum absolute atomic E-state index is 12.8. The summed E-state index contributed by atoms with van der Waals surface area (Å²) in [7, 11) is 1.64. The van der Waals surface area contributed by atoms with Gasteiger partial charge in [-0.15, -0.1) is 0 Å². The van der Waals surface area contributed by atoms with Gasteiger partial charge in [-0.05, 0) is 47.2 Å². The highest BCUT2D eigenvalue weighted by molar-refractivity contribution is 6.01. The van der Waals surface area contributed by atoms with Gasteiger partial charge in [0.2, 0.25) is 0 Å². The summed E-state index contributed by atoms with van der Waals surface area (Å²) in [5.41, 5.74) is 0.253. The smallest absolute Gasteiger partial charge is 0.257 e. The van der Waals surface area contributed by atoms with Gasteiger partial charge in [-0.25, -0.2) is 4.39 Å². The van der Waals surface area contributed by atoms with E-state index in [4.69, 9.17) is 4.74 Å². The summed E-state index contributed by atoms with van der Waals surface area (Å²) >= 11 is 0. The van der Waals surface area contributed by atoms with E-state index in [0.717, 1.165) is 10.8 Å². The first-order chi connectivity index (χ1) is 12.0.